The zero-order chi connectivity index (χ0) is 13.8. The van der Waals surface area contributed by atoms with Gasteiger partial charge in [-0.1, -0.05) is 12.1 Å². The molecule has 0 aliphatic heterocycles. The molecule has 0 aromatic heterocycles. The second kappa shape index (κ2) is 6.01. The Hall–Kier alpha value is -1.63. The van der Waals surface area contributed by atoms with E-state index in [4.69, 9.17) is 10.5 Å². The van der Waals surface area contributed by atoms with Gasteiger partial charge in [0.25, 0.3) is 0 Å². The molecule has 0 bridgehead atoms. The first-order valence-electron chi connectivity index (χ1n) is 5.53. The van der Waals surface area contributed by atoms with Gasteiger partial charge in [-0.2, -0.15) is 0 Å². The van der Waals surface area contributed by atoms with Crippen molar-refractivity contribution in [2.75, 3.05) is 5.73 Å². The van der Waals surface area contributed by atoms with Crippen molar-refractivity contribution < 1.29 is 13.9 Å². The molecule has 5 heteroatoms. The summed E-state index contributed by atoms with van der Waals surface area (Å²) in [5, 5.41) is 0. The van der Waals surface area contributed by atoms with E-state index in [0.29, 0.717) is 0 Å². The Morgan fingerprint density at radius 1 is 1.21 bits per heavy atom. The average Bonchev–Trinajstić information content (AvgIpc) is 2.37. The van der Waals surface area contributed by atoms with Crippen molar-refractivity contribution in [3.8, 4) is 0 Å². The van der Waals surface area contributed by atoms with Crippen molar-refractivity contribution >= 4 is 34.2 Å². The quantitative estimate of drug-likeness (QED) is 0.512. The summed E-state index contributed by atoms with van der Waals surface area (Å²) >= 11 is 2.19. The van der Waals surface area contributed by atoms with Gasteiger partial charge in [-0.3, -0.25) is 0 Å². The van der Waals surface area contributed by atoms with E-state index < -0.39 is 11.8 Å². The summed E-state index contributed by atoms with van der Waals surface area (Å²) in [6.45, 7) is 0.111. The van der Waals surface area contributed by atoms with E-state index in [0.717, 1.165) is 15.2 Å². The van der Waals surface area contributed by atoms with Gasteiger partial charge in [0.1, 0.15) is 12.4 Å². The van der Waals surface area contributed by atoms with Crippen LogP contribution in [0.5, 0.6) is 0 Å². The first-order valence-corrected chi connectivity index (χ1v) is 6.61. The van der Waals surface area contributed by atoms with Crippen LogP contribution in [-0.2, 0) is 11.3 Å². The number of nitrogen functional groups attached to an aromatic ring is 1. The van der Waals surface area contributed by atoms with Crippen LogP contribution in [0.25, 0.3) is 0 Å². The number of esters is 1. The standard InChI is InChI=1S/C14H11FINO2/c15-13-7-11(17)5-6-12(13)14(18)19-8-9-1-3-10(16)4-2-9/h1-7H,8,17H2. The number of carbonyl (C=O) groups is 1. The fourth-order valence-corrected chi connectivity index (χ4v) is 1.86. The number of nitrogens with two attached hydrogens (primary N) is 1. The summed E-state index contributed by atoms with van der Waals surface area (Å²) in [4.78, 5) is 11.7. The molecule has 0 atom stereocenters. The molecule has 2 aromatic carbocycles. The number of hydrogen-bond acceptors (Lipinski definition) is 3. The van der Waals surface area contributed by atoms with Gasteiger partial charge in [0.05, 0.1) is 5.56 Å². The Balaban J connectivity index is 2.03. The van der Waals surface area contributed by atoms with Gasteiger partial charge >= 0.3 is 5.97 Å². The lowest BCUT2D eigenvalue weighted by molar-refractivity contribution is 0.0467. The molecule has 0 unspecified atom stereocenters. The predicted molar refractivity (Wildman–Crippen MR) is 79.1 cm³/mol. The van der Waals surface area contributed by atoms with Gasteiger partial charge in [-0.05, 0) is 58.5 Å². The van der Waals surface area contributed by atoms with Crippen molar-refractivity contribution in [1.82, 2.24) is 0 Å². The Kier molecular flexibility index (Phi) is 4.36. The predicted octanol–water partition coefficient (Wildman–Crippen LogP) is 3.37. The van der Waals surface area contributed by atoms with Gasteiger partial charge in [0, 0.05) is 9.26 Å². The highest BCUT2D eigenvalue weighted by atomic mass is 127. The van der Waals surface area contributed by atoms with Crippen LogP contribution in [0.3, 0.4) is 0 Å². The molecule has 2 N–H and O–H groups in total. The van der Waals surface area contributed by atoms with Crippen molar-refractivity contribution in [1.29, 1.82) is 0 Å². The molecular formula is C14H11FINO2. The summed E-state index contributed by atoms with van der Waals surface area (Å²) < 4.78 is 19.6. The van der Waals surface area contributed by atoms with Crippen LogP contribution in [0.1, 0.15) is 15.9 Å². The fourth-order valence-electron chi connectivity index (χ4n) is 1.50. The van der Waals surface area contributed by atoms with Gasteiger partial charge in [-0.15, -0.1) is 0 Å². The number of rotatable bonds is 3. The first-order chi connectivity index (χ1) is 9.06. The minimum absolute atomic E-state index is 0.111. The third-order valence-electron chi connectivity index (χ3n) is 2.50. The van der Waals surface area contributed by atoms with Crippen molar-refractivity contribution in [2.24, 2.45) is 0 Å². The van der Waals surface area contributed by atoms with Gasteiger partial charge in [0.2, 0.25) is 0 Å². The summed E-state index contributed by atoms with van der Waals surface area (Å²) in [6.07, 6.45) is 0. The van der Waals surface area contributed by atoms with E-state index in [1.807, 2.05) is 24.3 Å². The van der Waals surface area contributed by atoms with Crippen LogP contribution in [0.2, 0.25) is 0 Å². The normalized spacial score (nSPS) is 10.2. The molecule has 0 amide bonds. The van der Waals surface area contributed by atoms with E-state index in [9.17, 15) is 9.18 Å². The number of carbonyl (C=O) groups excluding carboxylic acids is 1. The summed E-state index contributed by atoms with van der Waals surface area (Å²) in [6, 6.07) is 11.4. The number of hydrogen-bond donors (Lipinski definition) is 1. The Bertz CT molecular complexity index is 599. The maximum atomic E-state index is 13.5. The molecule has 0 radical (unpaired) electrons. The Morgan fingerprint density at radius 2 is 1.89 bits per heavy atom. The molecule has 0 heterocycles. The van der Waals surface area contributed by atoms with Crippen LogP contribution >= 0.6 is 22.6 Å². The van der Waals surface area contributed by atoms with E-state index in [1.165, 1.54) is 12.1 Å². The van der Waals surface area contributed by atoms with Crippen molar-refractivity contribution in [3.63, 3.8) is 0 Å². The van der Waals surface area contributed by atoms with Crippen LogP contribution in [0.4, 0.5) is 10.1 Å². The summed E-state index contributed by atoms with van der Waals surface area (Å²) in [7, 11) is 0. The SMILES string of the molecule is Nc1ccc(C(=O)OCc2ccc(I)cc2)c(F)c1. The summed E-state index contributed by atoms with van der Waals surface area (Å²) in [5.41, 5.74) is 6.42. The molecular weight excluding hydrogens is 360 g/mol. The lowest BCUT2D eigenvalue weighted by Crippen LogP contribution is -2.08. The van der Waals surface area contributed by atoms with E-state index >= 15 is 0 Å². The Labute approximate surface area is 123 Å². The zero-order valence-electron chi connectivity index (χ0n) is 9.90. The van der Waals surface area contributed by atoms with Crippen molar-refractivity contribution in [3.05, 3.63) is 63.0 Å². The second-order valence-corrected chi connectivity index (χ2v) is 5.19. The van der Waals surface area contributed by atoms with Crippen molar-refractivity contribution in [2.45, 2.75) is 6.61 Å². The highest BCUT2D eigenvalue weighted by Gasteiger charge is 2.13. The van der Waals surface area contributed by atoms with Gasteiger partial charge in [-0.25, -0.2) is 9.18 Å². The van der Waals surface area contributed by atoms with Gasteiger partial charge in [0.15, 0.2) is 0 Å². The maximum absolute atomic E-state index is 13.5. The highest BCUT2D eigenvalue weighted by Crippen LogP contribution is 2.14. The Morgan fingerprint density at radius 3 is 2.53 bits per heavy atom. The third kappa shape index (κ3) is 3.66. The highest BCUT2D eigenvalue weighted by molar-refractivity contribution is 14.1. The molecule has 0 saturated carbocycles. The number of anilines is 1. The number of ether oxygens (including phenoxy) is 1. The smallest absolute Gasteiger partial charge is 0.341 e. The molecule has 19 heavy (non-hydrogen) atoms. The minimum Gasteiger partial charge on any atom is -0.457 e. The summed E-state index contributed by atoms with van der Waals surface area (Å²) in [5.74, 6) is -1.37. The maximum Gasteiger partial charge on any atom is 0.341 e. The van der Waals surface area contributed by atoms with E-state index in [2.05, 4.69) is 22.6 Å². The molecule has 0 spiro atoms. The van der Waals surface area contributed by atoms with Crippen LogP contribution in [0, 0.1) is 9.39 Å². The topological polar surface area (TPSA) is 52.3 Å². The lowest BCUT2D eigenvalue weighted by atomic mass is 10.2. The minimum atomic E-state index is -0.698. The molecule has 0 saturated heterocycles. The molecule has 0 fully saturated rings. The van der Waals surface area contributed by atoms with Crippen LogP contribution in [-0.4, -0.2) is 5.97 Å². The third-order valence-corrected chi connectivity index (χ3v) is 3.22. The molecule has 98 valence electrons. The van der Waals surface area contributed by atoms with E-state index in [1.54, 1.807) is 0 Å². The molecule has 2 aromatic rings. The van der Waals surface area contributed by atoms with Crippen LogP contribution in [0.15, 0.2) is 42.5 Å². The van der Waals surface area contributed by atoms with Gasteiger partial charge < -0.3 is 10.5 Å². The fraction of sp³-hybridized carbons (Fsp3) is 0.0714. The number of halogens is 2. The molecule has 2 rings (SSSR count). The molecule has 0 aliphatic rings. The zero-order valence-corrected chi connectivity index (χ0v) is 12.1. The number of benzene rings is 2. The monoisotopic (exact) mass is 371 g/mol. The van der Waals surface area contributed by atoms with Crippen LogP contribution < -0.4 is 5.73 Å². The molecule has 3 nitrogen and oxygen atoms in total. The largest absolute Gasteiger partial charge is 0.457 e. The lowest BCUT2D eigenvalue weighted by Gasteiger charge is -2.06. The first kappa shape index (κ1) is 13.8. The second-order valence-electron chi connectivity index (χ2n) is 3.94. The molecule has 0 aliphatic carbocycles. The van der Waals surface area contributed by atoms with E-state index in [-0.39, 0.29) is 17.9 Å². The average molecular weight is 371 g/mol.